The SMILES string of the molecule is CC1(C)[C@]2(C(=O)O)CC(c3ccc(N[S+]([O-])C(F)(F)F)cc3)[C@@]1(C)C(=O)O2. The maximum Gasteiger partial charge on any atom is 0.598 e. The first-order valence-electron chi connectivity index (χ1n) is 8.09. The molecule has 148 valence electrons. The van der Waals surface area contributed by atoms with Crippen LogP contribution in [0.2, 0.25) is 0 Å². The average molecular weight is 405 g/mol. The number of anilines is 1. The molecule has 2 bridgehead atoms. The Hall–Kier alpha value is -1.94. The molecule has 1 saturated carbocycles. The molecule has 2 unspecified atom stereocenters. The topological polar surface area (TPSA) is 98.7 Å². The predicted molar refractivity (Wildman–Crippen MR) is 90.0 cm³/mol. The number of rotatable bonds is 4. The zero-order chi connectivity index (χ0) is 20.4. The summed E-state index contributed by atoms with van der Waals surface area (Å²) in [5.41, 5.74) is -8.03. The summed E-state index contributed by atoms with van der Waals surface area (Å²) >= 11 is -3.24. The standard InChI is InChI=1S/C17H18F3NO5S/c1-14(2)15(3)11(8-16(14,12(22)23)26-13(15)24)9-4-6-10(7-5-9)21-27(25)17(18,19)20/h4-7,11,21H,8H2,1-3H3,(H,22,23)/t11?,15-,16+,27?/m0/s1. The lowest BCUT2D eigenvalue weighted by atomic mass is 9.63. The van der Waals surface area contributed by atoms with Gasteiger partial charge in [-0.05, 0) is 24.6 Å². The lowest BCUT2D eigenvalue weighted by molar-refractivity contribution is -0.179. The van der Waals surface area contributed by atoms with Crippen molar-refractivity contribution in [3.05, 3.63) is 29.8 Å². The quantitative estimate of drug-likeness (QED) is 0.590. The molecule has 0 aromatic heterocycles. The number of hydrogen-bond donors (Lipinski definition) is 2. The Morgan fingerprint density at radius 1 is 1.30 bits per heavy atom. The van der Waals surface area contributed by atoms with Crippen LogP contribution in [0.4, 0.5) is 18.9 Å². The summed E-state index contributed by atoms with van der Waals surface area (Å²) in [7, 11) is 0. The van der Waals surface area contributed by atoms with Crippen LogP contribution >= 0.6 is 0 Å². The Balaban J connectivity index is 1.92. The number of alkyl halides is 3. The van der Waals surface area contributed by atoms with Crippen molar-refractivity contribution in [2.45, 2.75) is 44.2 Å². The first-order chi connectivity index (χ1) is 12.3. The van der Waals surface area contributed by atoms with E-state index in [2.05, 4.69) is 0 Å². The van der Waals surface area contributed by atoms with Crippen molar-refractivity contribution in [1.29, 1.82) is 0 Å². The first kappa shape index (κ1) is 19.8. The maximum absolute atomic E-state index is 12.5. The molecule has 6 nitrogen and oxygen atoms in total. The zero-order valence-corrected chi connectivity index (χ0v) is 15.5. The van der Waals surface area contributed by atoms with E-state index in [9.17, 15) is 32.4 Å². The third-order valence-corrected chi connectivity index (χ3v) is 7.11. The highest BCUT2D eigenvalue weighted by atomic mass is 32.2. The van der Waals surface area contributed by atoms with Crippen LogP contribution in [0, 0.1) is 10.8 Å². The molecule has 1 aliphatic heterocycles. The molecule has 0 radical (unpaired) electrons. The minimum absolute atomic E-state index is 0.00231. The summed E-state index contributed by atoms with van der Waals surface area (Å²) in [4.78, 5) is 24.4. The largest absolute Gasteiger partial charge is 0.598 e. The molecule has 1 aromatic rings. The van der Waals surface area contributed by atoms with Crippen LogP contribution in [-0.2, 0) is 25.7 Å². The number of benzene rings is 1. The van der Waals surface area contributed by atoms with Gasteiger partial charge < -0.3 is 14.4 Å². The van der Waals surface area contributed by atoms with Gasteiger partial charge in [0.05, 0.1) is 11.1 Å². The predicted octanol–water partition coefficient (Wildman–Crippen LogP) is 3.18. The number of halogens is 3. The summed E-state index contributed by atoms with van der Waals surface area (Å²) in [6.07, 6.45) is 0.0683. The van der Waals surface area contributed by atoms with Gasteiger partial charge in [-0.15, -0.1) is 13.2 Å². The van der Waals surface area contributed by atoms with Gasteiger partial charge in [-0.3, -0.25) is 4.79 Å². The minimum Gasteiger partial charge on any atom is -0.586 e. The fraction of sp³-hybridized carbons (Fsp3) is 0.529. The monoisotopic (exact) mass is 405 g/mol. The number of esters is 1. The van der Waals surface area contributed by atoms with E-state index in [0.717, 1.165) is 0 Å². The lowest BCUT2D eigenvalue weighted by Gasteiger charge is -2.34. The van der Waals surface area contributed by atoms with Crippen LogP contribution < -0.4 is 4.72 Å². The molecule has 1 heterocycles. The number of aliphatic carboxylic acids is 1. The highest BCUT2D eigenvalue weighted by Gasteiger charge is 2.79. The van der Waals surface area contributed by atoms with Crippen molar-refractivity contribution in [2.75, 3.05) is 4.72 Å². The van der Waals surface area contributed by atoms with Crippen molar-refractivity contribution in [2.24, 2.45) is 10.8 Å². The Morgan fingerprint density at radius 3 is 2.30 bits per heavy atom. The van der Waals surface area contributed by atoms with E-state index in [1.165, 1.54) is 24.3 Å². The lowest BCUT2D eigenvalue weighted by Crippen LogP contribution is -2.47. The minimum atomic E-state index is -4.89. The molecular formula is C17H18F3NO5S. The van der Waals surface area contributed by atoms with E-state index in [-0.39, 0.29) is 12.1 Å². The number of hydrogen-bond acceptors (Lipinski definition) is 5. The molecule has 3 rings (SSSR count). The summed E-state index contributed by atoms with van der Waals surface area (Å²) < 4.78 is 55.4. The second-order valence-electron chi connectivity index (χ2n) is 7.54. The Labute approximate surface area is 156 Å². The van der Waals surface area contributed by atoms with Gasteiger partial charge in [-0.25, -0.2) is 9.52 Å². The van der Waals surface area contributed by atoms with Gasteiger partial charge in [0, 0.05) is 17.8 Å². The summed E-state index contributed by atoms with van der Waals surface area (Å²) in [5.74, 6) is -2.30. The van der Waals surface area contributed by atoms with Gasteiger partial charge in [0.15, 0.2) is 11.4 Å². The van der Waals surface area contributed by atoms with Crippen molar-refractivity contribution < 1.29 is 37.2 Å². The van der Waals surface area contributed by atoms with Gasteiger partial charge >= 0.3 is 17.4 Å². The van der Waals surface area contributed by atoms with Crippen LogP contribution in [0.25, 0.3) is 0 Å². The van der Waals surface area contributed by atoms with E-state index in [0.29, 0.717) is 5.56 Å². The van der Waals surface area contributed by atoms with Gasteiger partial charge in [-0.2, -0.15) is 0 Å². The molecule has 10 heteroatoms. The highest BCUT2D eigenvalue weighted by molar-refractivity contribution is 7.93. The Kier molecular flexibility index (Phi) is 4.24. The van der Waals surface area contributed by atoms with Gasteiger partial charge in [0.2, 0.25) is 5.60 Å². The Morgan fingerprint density at radius 2 is 1.85 bits per heavy atom. The summed E-state index contributed by atoms with van der Waals surface area (Å²) in [5, 5.41) is 9.71. The van der Waals surface area contributed by atoms with E-state index >= 15 is 0 Å². The number of carbonyl (C=O) groups excluding carboxylic acids is 1. The van der Waals surface area contributed by atoms with Gasteiger partial charge in [0.1, 0.15) is 0 Å². The van der Waals surface area contributed by atoms with Crippen molar-refractivity contribution >= 4 is 29.0 Å². The zero-order valence-electron chi connectivity index (χ0n) is 14.7. The summed E-state index contributed by atoms with van der Waals surface area (Å²) in [6.45, 7) is 5.01. The smallest absolute Gasteiger partial charge is 0.586 e. The maximum atomic E-state index is 12.5. The average Bonchev–Trinajstić information content (AvgIpc) is 2.83. The third-order valence-electron chi connectivity index (χ3n) is 6.27. The van der Waals surface area contributed by atoms with E-state index in [1.54, 1.807) is 20.8 Å². The van der Waals surface area contributed by atoms with Gasteiger partial charge in [-0.1, -0.05) is 26.0 Å². The number of carbonyl (C=O) groups is 2. The van der Waals surface area contributed by atoms with Crippen molar-refractivity contribution in [3.8, 4) is 0 Å². The van der Waals surface area contributed by atoms with E-state index in [4.69, 9.17) is 4.74 Å². The number of nitrogens with one attached hydrogen (secondary N) is 1. The molecule has 1 aliphatic carbocycles. The van der Waals surface area contributed by atoms with Crippen LogP contribution in [0.3, 0.4) is 0 Å². The van der Waals surface area contributed by atoms with Crippen LogP contribution in [0.5, 0.6) is 0 Å². The molecule has 0 spiro atoms. The van der Waals surface area contributed by atoms with Crippen LogP contribution in [0.1, 0.15) is 38.7 Å². The second kappa shape index (κ2) is 5.78. The molecule has 2 N–H and O–H groups in total. The van der Waals surface area contributed by atoms with Crippen LogP contribution in [-0.4, -0.2) is 32.7 Å². The molecule has 4 atom stereocenters. The normalized spacial score (nSPS) is 32.9. The molecule has 27 heavy (non-hydrogen) atoms. The molecule has 1 aromatic carbocycles. The van der Waals surface area contributed by atoms with Gasteiger partial charge in [0.25, 0.3) is 0 Å². The molecule has 0 amide bonds. The first-order valence-corrected chi connectivity index (χ1v) is 9.24. The third kappa shape index (κ3) is 2.53. The molecule has 2 aliphatic rings. The van der Waals surface area contributed by atoms with Crippen LogP contribution in [0.15, 0.2) is 24.3 Å². The highest BCUT2D eigenvalue weighted by Crippen LogP contribution is 2.70. The fourth-order valence-electron chi connectivity index (χ4n) is 4.23. The second-order valence-corrected chi connectivity index (χ2v) is 8.75. The number of carboxylic acids is 1. The molecule has 2 fully saturated rings. The van der Waals surface area contributed by atoms with E-state index in [1.807, 2.05) is 4.72 Å². The van der Waals surface area contributed by atoms with Crippen molar-refractivity contribution in [3.63, 3.8) is 0 Å². The Bertz CT molecular complexity index is 797. The summed E-state index contributed by atoms with van der Waals surface area (Å²) in [6, 6.07) is 5.65. The number of carboxylic acid groups (broad SMARTS) is 1. The van der Waals surface area contributed by atoms with Crippen molar-refractivity contribution in [1.82, 2.24) is 0 Å². The van der Waals surface area contributed by atoms with E-state index < -0.39 is 51.2 Å². The molecule has 1 saturated heterocycles. The number of fused-ring (bicyclic) bond motifs is 2. The number of ether oxygens (including phenoxy) is 1. The fourth-order valence-corrected chi connectivity index (χ4v) is 4.70. The molecular weight excluding hydrogens is 387 g/mol.